The summed E-state index contributed by atoms with van der Waals surface area (Å²) in [4.78, 5) is 10.7. The maximum Gasteiger partial charge on any atom is 0.186 e. The molecule has 1 unspecified atom stereocenters. The van der Waals surface area contributed by atoms with Crippen LogP contribution in [-0.4, -0.2) is 17.0 Å². The van der Waals surface area contributed by atoms with Gasteiger partial charge in [0.15, 0.2) is 5.78 Å². The topological polar surface area (TPSA) is 37.3 Å². The van der Waals surface area contributed by atoms with Crippen molar-refractivity contribution in [3.05, 3.63) is 19.1 Å². The second kappa shape index (κ2) is 3.41. The van der Waals surface area contributed by atoms with Gasteiger partial charge in [-0.3, -0.25) is 4.79 Å². The van der Waals surface area contributed by atoms with Gasteiger partial charge in [0.25, 0.3) is 0 Å². The molecule has 0 fully saturated rings. The molecule has 1 atom stereocenters. The van der Waals surface area contributed by atoms with E-state index in [2.05, 4.69) is 13.5 Å². The molecule has 0 aliphatic rings. The van der Waals surface area contributed by atoms with E-state index in [1.54, 1.807) is 6.92 Å². The lowest BCUT2D eigenvalue weighted by Gasteiger charge is -2.03. The largest absolute Gasteiger partial charge is 0.385 e. The van der Waals surface area contributed by atoms with E-state index in [1.165, 1.54) is 0 Å². The summed E-state index contributed by atoms with van der Waals surface area (Å²) in [6.45, 7) is 8.33. The first-order valence-corrected chi connectivity index (χ1v) is 2.76. The number of ketones is 1. The van der Waals surface area contributed by atoms with Gasteiger partial charge in [0.1, 0.15) is 6.10 Å². The van der Waals surface area contributed by atoms with Crippen LogP contribution in [0, 0.1) is 6.92 Å². The molecule has 0 aromatic carbocycles. The van der Waals surface area contributed by atoms with Crippen LogP contribution >= 0.6 is 0 Å². The lowest BCUT2D eigenvalue weighted by Crippen LogP contribution is -2.19. The molecule has 0 heterocycles. The smallest absolute Gasteiger partial charge is 0.186 e. The van der Waals surface area contributed by atoms with E-state index < -0.39 is 6.10 Å². The standard InChI is InChI=1S/C7H11O2/c1-4-6(8)7(9)5(2)3/h6,8H,1-2,4H2,3H3. The minimum Gasteiger partial charge on any atom is -0.385 e. The zero-order valence-corrected chi connectivity index (χ0v) is 5.55. The van der Waals surface area contributed by atoms with Crippen LogP contribution < -0.4 is 0 Å². The highest BCUT2D eigenvalue weighted by Crippen LogP contribution is 1.98. The highest BCUT2D eigenvalue weighted by atomic mass is 16.3. The van der Waals surface area contributed by atoms with Crippen molar-refractivity contribution in [2.45, 2.75) is 19.4 Å². The zero-order valence-electron chi connectivity index (χ0n) is 5.55. The Balaban J connectivity index is 3.88. The lowest BCUT2D eigenvalue weighted by molar-refractivity contribution is -0.123. The number of Topliss-reactive ketones (excluding diaryl/α,β-unsaturated/α-hetero) is 1. The summed E-state index contributed by atoms with van der Waals surface area (Å²) in [5, 5.41) is 8.82. The summed E-state index contributed by atoms with van der Waals surface area (Å²) in [5.41, 5.74) is 0.381. The minimum absolute atomic E-state index is 0.214. The third-order valence-corrected chi connectivity index (χ3v) is 0.997. The Morgan fingerprint density at radius 3 is 2.33 bits per heavy atom. The quantitative estimate of drug-likeness (QED) is 0.567. The molecule has 0 bridgehead atoms. The SMILES string of the molecule is [CH2]CC(O)C(=O)C(=C)C. The maximum atomic E-state index is 10.7. The Morgan fingerprint density at radius 1 is 1.78 bits per heavy atom. The van der Waals surface area contributed by atoms with Crippen molar-refractivity contribution >= 4 is 5.78 Å². The molecule has 0 aromatic rings. The first-order chi connectivity index (χ1) is 4.09. The Bertz CT molecular complexity index is 127. The molecule has 0 rings (SSSR count). The van der Waals surface area contributed by atoms with Gasteiger partial charge in [-0.25, -0.2) is 0 Å². The Labute approximate surface area is 55.2 Å². The molecule has 0 spiro atoms. The normalized spacial score (nSPS) is 12.8. The second-order valence-corrected chi connectivity index (χ2v) is 1.95. The minimum atomic E-state index is -0.956. The first kappa shape index (κ1) is 8.37. The summed E-state index contributed by atoms with van der Waals surface area (Å²) < 4.78 is 0. The van der Waals surface area contributed by atoms with Crippen LogP contribution in [0.2, 0.25) is 0 Å². The van der Waals surface area contributed by atoms with Crippen molar-refractivity contribution in [3.8, 4) is 0 Å². The average molecular weight is 127 g/mol. The molecule has 0 aromatic heterocycles. The molecular formula is C7H11O2. The number of carbonyl (C=O) groups excluding carboxylic acids is 1. The molecule has 2 nitrogen and oxygen atoms in total. The van der Waals surface area contributed by atoms with Crippen molar-refractivity contribution < 1.29 is 9.90 Å². The number of hydrogen-bond donors (Lipinski definition) is 1. The van der Waals surface area contributed by atoms with Crippen LogP contribution in [0.25, 0.3) is 0 Å². The van der Waals surface area contributed by atoms with Gasteiger partial charge in [-0.2, -0.15) is 0 Å². The summed E-state index contributed by atoms with van der Waals surface area (Å²) in [7, 11) is 0. The summed E-state index contributed by atoms with van der Waals surface area (Å²) in [6, 6.07) is 0. The lowest BCUT2D eigenvalue weighted by atomic mass is 10.1. The molecule has 0 saturated heterocycles. The number of carbonyl (C=O) groups is 1. The highest BCUT2D eigenvalue weighted by Gasteiger charge is 2.11. The molecule has 0 aliphatic carbocycles. The molecule has 2 heteroatoms. The van der Waals surface area contributed by atoms with Crippen LogP contribution in [0.4, 0.5) is 0 Å². The van der Waals surface area contributed by atoms with Gasteiger partial charge in [-0.05, 0) is 18.9 Å². The number of rotatable bonds is 3. The number of aliphatic hydroxyl groups is 1. The Hall–Kier alpha value is -0.630. The predicted octanol–water partition coefficient (Wildman–Crippen LogP) is 0.717. The van der Waals surface area contributed by atoms with Gasteiger partial charge in [0.05, 0.1) is 0 Å². The van der Waals surface area contributed by atoms with Gasteiger partial charge in [0, 0.05) is 0 Å². The van der Waals surface area contributed by atoms with Gasteiger partial charge in [-0.15, -0.1) is 0 Å². The second-order valence-electron chi connectivity index (χ2n) is 1.95. The zero-order chi connectivity index (χ0) is 7.44. The Morgan fingerprint density at radius 2 is 2.22 bits per heavy atom. The van der Waals surface area contributed by atoms with E-state index >= 15 is 0 Å². The van der Waals surface area contributed by atoms with Crippen molar-refractivity contribution in [3.63, 3.8) is 0 Å². The maximum absolute atomic E-state index is 10.7. The summed E-state index contributed by atoms with van der Waals surface area (Å²) in [6.07, 6.45) is -0.742. The number of aliphatic hydroxyl groups excluding tert-OH is 1. The van der Waals surface area contributed by atoms with Crippen molar-refractivity contribution in [1.29, 1.82) is 0 Å². The van der Waals surface area contributed by atoms with Crippen LogP contribution in [0.15, 0.2) is 12.2 Å². The Kier molecular flexibility index (Phi) is 3.17. The van der Waals surface area contributed by atoms with Crippen molar-refractivity contribution in [1.82, 2.24) is 0 Å². The average Bonchev–Trinajstić information content (AvgIpc) is 1.84. The van der Waals surface area contributed by atoms with E-state index in [-0.39, 0.29) is 12.2 Å². The molecule has 0 saturated carbocycles. The molecule has 1 radical (unpaired) electrons. The van der Waals surface area contributed by atoms with Crippen LogP contribution in [-0.2, 0) is 4.79 Å². The molecule has 1 N–H and O–H groups in total. The third-order valence-electron chi connectivity index (χ3n) is 0.997. The van der Waals surface area contributed by atoms with E-state index in [4.69, 9.17) is 5.11 Å². The molecule has 9 heavy (non-hydrogen) atoms. The number of hydrogen-bond acceptors (Lipinski definition) is 2. The predicted molar refractivity (Wildman–Crippen MR) is 35.8 cm³/mol. The van der Waals surface area contributed by atoms with Crippen molar-refractivity contribution in [2.75, 3.05) is 0 Å². The van der Waals surface area contributed by atoms with Gasteiger partial charge in [-0.1, -0.05) is 13.5 Å². The van der Waals surface area contributed by atoms with Gasteiger partial charge in [0.2, 0.25) is 0 Å². The molecule has 0 aliphatic heterocycles. The highest BCUT2D eigenvalue weighted by molar-refractivity contribution is 5.97. The fourth-order valence-corrected chi connectivity index (χ4v) is 0.416. The molecular weight excluding hydrogens is 116 g/mol. The fourth-order valence-electron chi connectivity index (χ4n) is 0.416. The summed E-state index contributed by atoms with van der Waals surface area (Å²) >= 11 is 0. The molecule has 51 valence electrons. The van der Waals surface area contributed by atoms with Crippen LogP contribution in [0.3, 0.4) is 0 Å². The van der Waals surface area contributed by atoms with Crippen LogP contribution in [0.1, 0.15) is 13.3 Å². The van der Waals surface area contributed by atoms with E-state index in [0.717, 1.165) is 0 Å². The van der Waals surface area contributed by atoms with Crippen LogP contribution in [0.5, 0.6) is 0 Å². The van der Waals surface area contributed by atoms with E-state index in [9.17, 15) is 4.79 Å². The first-order valence-electron chi connectivity index (χ1n) is 2.76. The fraction of sp³-hybridized carbons (Fsp3) is 0.429. The van der Waals surface area contributed by atoms with E-state index in [0.29, 0.717) is 5.57 Å². The third kappa shape index (κ3) is 2.42. The van der Waals surface area contributed by atoms with E-state index in [1.807, 2.05) is 0 Å². The monoisotopic (exact) mass is 127 g/mol. The van der Waals surface area contributed by atoms with Gasteiger partial charge >= 0.3 is 0 Å². The van der Waals surface area contributed by atoms with Gasteiger partial charge < -0.3 is 5.11 Å². The summed E-state index contributed by atoms with van der Waals surface area (Å²) in [5.74, 6) is -0.315. The van der Waals surface area contributed by atoms with Crippen molar-refractivity contribution in [2.24, 2.45) is 0 Å². The molecule has 0 amide bonds.